The molecule has 3 aliphatic rings. The average molecular weight is 806 g/mol. The van der Waals surface area contributed by atoms with Crippen LogP contribution in [0, 0.1) is 20.2 Å². The Bertz CT molecular complexity index is 2610. The molecule has 270 valence electrons. The zero-order chi connectivity index (χ0) is 38.2. The van der Waals surface area contributed by atoms with Crippen molar-refractivity contribution >= 4 is 64.9 Å². The van der Waals surface area contributed by atoms with Crippen molar-refractivity contribution in [3.63, 3.8) is 0 Å². The number of allylic oxidation sites excluding steroid dienone is 7. The van der Waals surface area contributed by atoms with Gasteiger partial charge in [-0.05, 0) is 53.1 Å². The number of rotatable bonds is 8. The minimum atomic E-state index is -5.19. The molecule has 0 bridgehead atoms. The van der Waals surface area contributed by atoms with Gasteiger partial charge in [0, 0.05) is 57.6 Å². The van der Waals surface area contributed by atoms with E-state index in [2.05, 4.69) is 15.3 Å². The Morgan fingerprint density at radius 3 is 1.84 bits per heavy atom. The minimum absolute atomic E-state index is 0. The van der Waals surface area contributed by atoms with Crippen molar-refractivity contribution in [1.29, 1.82) is 0 Å². The van der Waals surface area contributed by atoms with Crippen molar-refractivity contribution in [2.24, 2.45) is 9.98 Å². The number of amidine groups is 1. The maximum atomic E-state index is 13.2. The number of carbonyl (C=O) groups excluding carboxylic acids is 1. The maximum absolute atomic E-state index is 13.2. The van der Waals surface area contributed by atoms with Crippen LogP contribution in [0.3, 0.4) is 0 Å². The molecule has 2 aliphatic heterocycles. The second-order valence-corrected chi connectivity index (χ2v) is 13.9. The topological polar surface area (TPSA) is 258 Å². The summed E-state index contributed by atoms with van der Waals surface area (Å²) in [6, 6.07) is 15.4. The van der Waals surface area contributed by atoms with Crippen LogP contribution in [-0.2, 0) is 24.6 Å². The zero-order valence-electron chi connectivity index (χ0n) is 29.3. The fourth-order valence-electron chi connectivity index (χ4n) is 5.67. The van der Waals surface area contributed by atoms with Gasteiger partial charge in [0.15, 0.2) is 5.84 Å². The zero-order valence-corrected chi connectivity index (χ0v) is 35.0. The first-order chi connectivity index (χ1) is 25.1. The van der Waals surface area contributed by atoms with Crippen LogP contribution in [0.25, 0.3) is 11.1 Å². The molecule has 0 fully saturated rings. The Morgan fingerprint density at radius 1 is 0.818 bits per heavy atom. The van der Waals surface area contributed by atoms with Gasteiger partial charge in [-0.3, -0.25) is 33.4 Å². The summed E-state index contributed by atoms with van der Waals surface area (Å²) in [6.07, 6.45) is 5.95. The summed E-state index contributed by atoms with van der Waals surface area (Å²) < 4.78 is 84.4. The van der Waals surface area contributed by atoms with Crippen molar-refractivity contribution in [1.82, 2.24) is 5.32 Å². The summed E-state index contributed by atoms with van der Waals surface area (Å²) in [6.45, 7) is 0. The molecule has 3 aromatic carbocycles. The summed E-state index contributed by atoms with van der Waals surface area (Å²) >= 11 is 0. The molecule has 0 spiro atoms. The first kappa shape index (κ1) is 43.3. The first-order valence-electron chi connectivity index (χ1n) is 15.0. The fraction of sp³-hybridized carbons (Fsp3) is 0.0588. The van der Waals surface area contributed by atoms with Gasteiger partial charge in [-0.25, -0.2) is 9.98 Å². The second kappa shape index (κ2) is 17.2. The Morgan fingerprint density at radius 2 is 1.36 bits per heavy atom. The molecule has 55 heavy (non-hydrogen) atoms. The Balaban J connectivity index is 0.00000336. The number of nitro groups is 2. The van der Waals surface area contributed by atoms with Crippen LogP contribution >= 0.6 is 0 Å². The molecular weight excluding hydrogens is 781 g/mol. The number of non-ortho nitro benzene ring substituents is 2. The van der Waals surface area contributed by atoms with Crippen LogP contribution in [0.2, 0.25) is 0 Å². The maximum Gasteiger partial charge on any atom is 1.00 e. The van der Waals surface area contributed by atoms with Gasteiger partial charge in [0.05, 0.1) is 38.8 Å². The summed E-state index contributed by atoms with van der Waals surface area (Å²) in [5.74, 6) is -0.0467. The largest absolute Gasteiger partial charge is 1.00 e. The van der Waals surface area contributed by atoms with Gasteiger partial charge >= 0.3 is 64.9 Å². The number of ketones is 1. The van der Waals surface area contributed by atoms with E-state index in [0.29, 0.717) is 11.5 Å². The molecule has 21 heteroatoms. The molecule has 1 unspecified atom stereocenters. The third kappa shape index (κ3) is 9.03. The van der Waals surface area contributed by atoms with E-state index in [0.717, 1.165) is 24.3 Å². The van der Waals surface area contributed by atoms with Gasteiger partial charge < -0.3 is 19.2 Å². The van der Waals surface area contributed by atoms with E-state index in [1.807, 2.05) is 0 Å². The first-order valence-corrected chi connectivity index (χ1v) is 17.9. The van der Waals surface area contributed by atoms with Crippen molar-refractivity contribution in [2.45, 2.75) is 0 Å². The van der Waals surface area contributed by atoms with Gasteiger partial charge in [-0.15, -0.1) is 0 Å². The molecule has 0 saturated heterocycles. The van der Waals surface area contributed by atoms with Crippen LogP contribution in [0.5, 0.6) is 5.75 Å². The molecule has 0 radical (unpaired) electrons. The van der Waals surface area contributed by atoms with E-state index < -0.39 is 62.6 Å². The standard InChI is InChI=1S/C34H25N5O12S2.2Na/c1-50-25-13-9-19(10-14-25)29-31(52(44,45)46)27(21-5-3-7-23(17-21)38(40)41)33(35-29)37-34-28(22-6-4-8-24(18-22)39(42)43)32(53(47,48)49)30(36-34)20-11-15-26(51-2)16-12-20;;/h3-18,35H,1-2H3,(H2-,44,45,46,47,48,49);;/q;2*+1. The van der Waals surface area contributed by atoms with Gasteiger partial charge in [-0.1, -0.05) is 24.3 Å². The minimum Gasteiger partial charge on any atom is -0.756 e. The number of hydrogen-bond donors (Lipinski definition) is 3. The van der Waals surface area contributed by atoms with Crippen LogP contribution in [0.15, 0.2) is 129 Å². The molecule has 6 rings (SSSR count). The number of aliphatic imine (C=N–C) groups is 2. The van der Waals surface area contributed by atoms with E-state index in [1.165, 1.54) is 87.1 Å². The van der Waals surface area contributed by atoms with Crippen LogP contribution in [-0.4, -0.2) is 72.5 Å². The summed E-state index contributed by atoms with van der Waals surface area (Å²) in [5, 5.41) is 26.4. The molecule has 0 saturated carbocycles. The summed E-state index contributed by atoms with van der Waals surface area (Å²) in [4.78, 5) is 29.6. The molecule has 1 aliphatic carbocycles. The van der Waals surface area contributed by atoms with Crippen LogP contribution in [0.4, 0.5) is 11.4 Å². The van der Waals surface area contributed by atoms with Crippen molar-refractivity contribution in [3.05, 3.63) is 156 Å². The molecule has 1 atom stereocenters. The molecule has 17 nitrogen and oxygen atoms in total. The number of benzene rings is 3. The number of ether oxygens (including phenoxy) is 1. The summed E-state index contributed by atoms with van der Waals surface area (Å²) in [5.41, 5.74) is -2.09. The van der Waals surface area contributed by atoms with E-state index in [1.54, 1.807) is 0 Å². The van der Waals surface area contributed by atoms with Gasteiger partial charge in [0.2, 0.25) is 0 Å². The number of nitro benzene ring substituents is 2. The van der Waals surface area contributed by atoms with Crippen molar-refractivity contribution in [2.75, 3.05) is 14.2 Å². The van der Waals surface area contributed by atoms with Gasteiger partial charge in [-0.2, -0.15) is 8.42 Å². The number of nitrogens with zero attached hydrogens (tertiary/aromatic N) is 4. The SMILES string of the molecule is COc1ccc(C2=NC(=NC3=C(c4cccc([N+](=O)[O-])c4)C(=S(=O)([O-])O)C(=C4C=CC(=[O+]C)C=C4)N3)C(c3cccc([N+](=O)[O-])c3)=C2S(=O)(=O)O)cc1.[Na+].[Na+]. The number of methoxy groups -OCH3 is 1. The van der Waals surface area contributed by atoms with Gasteiger partial charge in [0.1, 0.15) is 16.5 Å². The van der Waals surface area contributed by atoms with Gasteiger partial charge in [0.25, 0.3) is 28.6 Å². The van der Waals surface area contributed by atoms with E-state index in [-0.39, 0.29) is 104 Å². The molecule has 0 amide bonds. The monoisotopic (exact) mass is 805 g/mol. The predicted octanol–water partition coefficient (Wildman–Crippen LogP) is -1.83. The second-order valence-electron chi connectivity index (χ2n) is 11.2. The van der Waals surface area contributed by atoms with E-state index in [4.69, 9.17) is 9.16 Å². The summed E-state index contributed by atoms with van der Waals surface area (Å²) in [7, 11) is -7.54. The van der Waals surface area contributed by atoms with Crippen molar-refractivity contribution in [3.8, 4) is 5.75 Å². The third-order valence-electron chi connectivity index (χ3n) is 7.98. The fourth-order valence-corrected chi connectivity index (χ4v) is 7.44. The molecular formula is C34H25N5Na2O12S2+2. The molecule has 2 heterocycles. The van der Waals surface area contributed by atoms with Crippen molar-refractivity contribution < 1.29 is 104 Å². The van der Waals surface area contributed by atoms with E-state index in [9.17, 15) is 46.5 Å². The normalized spacial score (nSPS) is 17.0. The van der Waals surface area contributed by atoms with Crippen LogP contribution in [0.1, 0.15) is 16.7 Å². The molecule has 3 aromatic rings. The number of nitrogens with one attached hydrogen (secondary N) is 1. The average Bonchev–Trinajstić information content (AvgIpc) is 3.71. The number of hydrogen-bond acceptors (Lipinski definition) is 11. The van der Waals surface area contributed by atoms with E-state index >= 15 is 0 Å². The Hall–Kier alpha value is -4.38. The smallest absolute Gasteiger partial charge is 0.756 e. The van der Waals surface area contributed by atoms with Crippen LogP contribution < -0.4 is 69.2 Å². The Labute approximate surface area is 357 Å². The predicted molar refractivity (Wildman–Crippen MR) is 194 cm³/mol. The quantitative estimate of drug-likeness (QED) is 0.0432. The third-order valence-corrected chi connectivity index (χ3v) is 9.82. The molecule has 3 N–H and O–H groups in total. The Kier molecular flexibility index (Phi) is 13.5. The molecule has 0 aromatic heterocycles.